The molecule has 4 aromatic heterocycles. The maximum atomic E-state index is 10.9. The summed E-state index contributed by atoms with van der Waals surface area (Å²) in [6.45, 7) is 7.00. The molecule has 0 amide bonds. The van der Waals surface area contributed by atoms with Crippen LogP contribution in [-0.2, 0) is 0 Å². The van der Waals surface area contributed by atoms with Crippen LogP contribution in [0.15, 0.2) is 24.3 Å². The molecule has 0 radical (unpaired) electrons. The van der Waals surface area contributed by atoms with Crippen LogP contribution in [0.5, 0.6) is 0 Å². The van der Waals surface area contributed by atoms with Crippen molar-refractivity contribution in [1.82, 2.24) is 39.1 Å². The number of hydrogen-bond acceptors (Lipinski definition) is 8. The highest BCUT2D eigenvalue weighted by Crippen LogP contribution is 2.27. The first-order chi connectivity index (χ1) is 15.2. The summed E-state index contributed by atoms with van der Waals surface area (Å²) in [6, 6.07) is 6.58. The van der Waals surface area contributed by atoms with Gasteiger partial charge in [-0.25, -0.2) is 18.7 Å². The van der Waals surface area contributed by atoms with Crippen molar-refractivity contribution < 1.29 is 20.4 Å². The summed E-state index contributed by atoms with van der Waals surface area (Å²) >= 11 is 0. The second-order valence-electron chi connectivity index (χ2n) is 8.12. The van der Waals surface area contributed by atoms with Gasteiger partial charge in [0, 0.05) is 22.8 Å². The van der Waals surface area contributed by atoms with Gasteiger partial charge in [-0.3, -0.25) is 0 Å². The van der Waals surface area contributed by atoms with Gasteiger partial charge in [-0.2, -0.15) is 20.4 Å². The normalized spacial score (nSPS) is 23.0. The first-order valence-electron chi connectivity index (χ1n) is 10.1. The molecule has 32 heavy (non-hydrogen) atoms. The predicted octanol–water partition coefficient (Wildman–Crippen LogP) is 0.176. The van der Waals surface area contributed by atoms with Gasteiger partial charge in [0.15, 0.2) is 24.9 Å². The van der Waals surface area contributed by atoms with E-state index in [4.69, 9.17) is 0 Å². The van der Waals surface area contributed by atoms with Crippen LogP contribution in [0.25, 0.3) is 0 Å². The number of aliphatic hydroxyl groups is 4. The molecule has 4 N–H and O–H groups in total. The minimum atomic E-state index is -1.23. The van der Waals surface area contributed by atoms with Gasteiger partial charge in [0.2, 0.25) is 0 Å². The third-order valence-electron chi connectivity index (χ3n) is 5.75. The van der Waals surface area contributed by atoms with E-state index >= 15 is 0 Å². The van der Waals surface area contributed by atoms with Crippen molar-refractivity contribution in [2.75, 3.05) is 0 Å². The molecule has 4 aromatic rings. The molecule has 0 saturated carbocycles. The summed E-state index contributed by atoms with van der Waals surface area (Å²) in [7, 11) is 0. The maximum Gasteiger partial charge on any atom is 0.192 e. The molecule has 0 unspecified atom stereocenters. The van der Waals surface area contributed by atoms with Gasteiger partial charge < -0.3 is 20.4 Å². The van der Waals surface area contributed by atoms with Crippen LogP contribution >= 0.6 is 0 Å². The SMILES string of the molecule is Cc1cc2nn1[C@H](O)c1cc(C)n(n1)[C@@H](O)c1cc(C)n(n1)[C@H](O)c1cc(C)n(n1)[C@H]2O. The molecule has 0 fully saturated rings. The van der Waals surface area contributed by atoms with Crippen LogP contribution in [0.1, 0.15) is 70.5 Å². The summed E-state index contributed by atoms with van der Waals surface area (Å²) < 4.78 is 5.37. The van der Waals surface area contributed by atoms with E-state index in [2.05, 4.69) is 20.4 Å². The van der Waals surface area contributed by atoms with Gasteiger partial charge in [0.05, 0.1) is 0 Å². The van der Waals surface area contributed by atoms with E-state index < -0.39 is 24.9 Å². The summed E-state index contributed by atoms with van der Waals surface area (Å²) in [5.41, 5.74) is 3.49. The van der Waals surface area contributed by atoms with E-state index in [1.54, 1.807) is 52.0 Å². The molecule has 0 aliphatic carbocycles. The lowest BCUT2D eigenvalue weighted by Gasteiger charge is -2.14. The summed E-state index contributed by atoms with van der Waals surface area (Å²) in [4.78, 5) is 0. The smallest absolute Gasteiger partial charge is 0.192 e. The Morgan fingerprint density at radius 2 is 0.656 bits per heavy atom. The largest absolute Gasteiger partial charge is 0.367 e. The maximum absolute atomic E-state index is 10.9. The highest BCUT2D eigenvalue weighted by molar-refractivity contribution is 5.22. The number of rotatable bonds is 0. The molecule has 0 aromatic carbocycles. The minimum absolute atomic E-state index is 0.273. The zero-order valence-electron chi connectivity index (χ0n) is 18.0. The molecule has 0 spiro atoms. The second kappa shape index (κ2) is 7.10. The Hall–Kier alpha value is -3.32. The first kappa shape index (κ1) is 20.6. The lowest BCUT2D eigenvalue weighted by atomic mass is 10.3. The van der Waals surface area contributed by atoms with E-state index in [9.17, 15) is 20.4 Å². The molecule has 1 aliphatic rings. The lowest BCUT2D eigenvalue weighted by molar-refractivity contribution is 0.0942. The lowest BCUT2D eigenvalue weighted by Crippen LogP contribution is -2.20. The fraction of sp³-hybridized carbons (Fsp3) is 0.400. The van der Waals surface area contributed by atoms with Crippen molar-refractivity contribution in [2.24, 2.45) is 0 Å². The van der Waals surface area contributed by atoms with Crippen LogP contribution in [-0.4, -0.2) is 59.5 Å². The number of aryl methyl sites for hydroxylation is 4. The Morgan fingerprint density at radius 1 is 0.469 bits per heavy atom. The second-order valence-corrected chi connectivity index (χ2v) is 8.12. The van der Waals surface area contributed by atoms with Crippen molar-refractivity contribution in [2.45, 2.75) is 52.6 Å². The average Bonchev–Trinajstić information content (AvgIpc) is 3.51. The summed E-state index contributed by atoms with van der Waals surface area (Å²) in [5, 5.41) is 61.2. The first-order valence-corrected chi connectivity index (χ1v) is 10.1. The Bertz CT molecular complexity index is 1110. The predicted molar refractivity (Wildman–Crippen MR) is 109 cm³/mol. The average molecular weight is 440 g/mol. The van der Waals surface area contributed by atoms with Crippen LogP contribution < -0.4 is 0 Å². The van der Waals surface area contributed by atoms with E-state index in [0.29, 0.717) is 22.8 Å². The number of hydrogen-bond donors (Lipinski definition) is 4. The zero-order chi connectivity index (χ0) is 22.9. The van der Waals surface area contributed by atoms with Crippen molar-refractivity contribution in [3.05, 3.63) is 69.8 Å². The van der Waals surface area contributed by atoms with E-state index in [-0.39, 0.29) is 22.8 Å². The van der Waals surface area contributed by atoms with Crippen molar-refractivity contribution in [3.8, 4) is 0 Å². The fourth-order valence-electron chi connectivity index (χ4n) is 4.05. The van der Waals surface area contributed by atoms with Gasteiger partial charge in [0.25, 0.3) is 0 Å². The standard InChI is InChI=1S/C20H24N8O4/c1-9-5-13-18(30)26-11(3)7-15(23-26)20(32)28-12(4)8-16(24-28)19(31)27-10(2)6-14(22-27)17(29)25(9)21-13/h5-8,17-20,29-32H,1-4H3/t17-,18+,19+,20-. The molecule has 12 heteroatoms. The molecule has 8 bridgehead atoms. The molecule has 5 rings (SSSR count). The molecule has 5 heterocycles. The Kier molecular flexibility index (Phi) is 4.57. The molecule has 168 valence electrons. The molecule has 4 atom stereocenters. The van der Waals surface area contributed by atoms with Crippen LogP contribution in [0.2, 0.25) is 0 Å². The van der Waals surface area contributed by atoms with Crippen molar-refractivity contribution in [3.63, 3.8) is 0 Å². The third kappa shape index (κ3) is 2.99. The fourth-order valence-corrected chi connectivity index (χ4v) is 4.05. The van der Waals surface area contributed by atoms with Gasteiger partial charge in [-0.1, -0.05) is 0 Å². The number of aliphatic hydroxyl groups excluding tert-OH is 4. The van der Waals surface area contributed by atoms with Gasteiger partial charge in [0.1, 0.15) is 22.8 Å². The molecule has 1 aliphatic heterocycles. The summed E-state index contributed by atoms with van der Waals surface area (Å²) in [5.74, 6) is 0. The highest BCUT2D eigenvalue weighted by Gasteiger charge is 2.28. The third-order valence-corrected chi connectivity index (χ3v) is 5.75. The topological polar surface area (TPSA) is 152 Å². The Balaban J connectivity index is 1.73. The zero-order valence-corrected chi connectivity index (χ0v) is 18.0. The van der Waals surface area contributed by atoms with Crippen LogP contribution in [0.3, 0.4) is 0 Å². The van der Waals surface area contributed by atoms with Crippen LogP contribution in [0, 0.1) is 27.7 Å². The van der Waals surface area contributed by atoms with Gasteiger partial charge in [-0.15, -0.1) is 0 Å². The van der Waals surface area contributed by atoms with E-state index in [1.807, 2.05) is 0 Å². The number of fused-ring (bicyclic) bond motifs is 8. The molecular weight excluding hydrogens is 416 g/mol. The number of nitrogens with zero attached hydrogens (tertiary/aromatic N) is 8. The highest BCUT2D eigenvalue weighted by atomic mass is 16.3. The Morgan fingerprint density at radius 3 is 0.844 bits per heavy atom. The quantitative estimate of drug-likeness (QED) is 0.302. The van der Waals surface area contributed by atoms with Crippen molar-refractivity contribution >= 4 is 0 Å². The van der Waals surface area contributed by atoms with Gasteiger partial charge in [-0.05, 0) is 52.0 Å². The molecular formula is C20H24N8O4. The van der Waals surface area contributed by atoms with E-state index in [1.165, 1.54) is 18.7 Å². The molecule has 0 saturated heterocycles. The molecule has 12 nitrogen and oxygen atoms in total. The Labute approximate surface area is 182 Å². The number of aromatic nitrogens is 8. The van der Waals surface area contributed by atoms with Crippen molar-refractivity contribution in [1.29, 1.82) is 0 Å². The van der Waals surface area contributed by atoms with Gasteiger partial charge >= 0.3 is 0 Å². The van der Waals surface area contributed by atoms with E-state index in [0.717, 1.165) is 0 Å². The monoisotopic (exact) mass is 440 g/mol. The minimum Gasteiger partial charge on any atom is -0.367 e. The summed E-state index contributed by atoms with van der Waals surface area (Å²) in [6.07, 6.45) is -4.92. The van der Waals surface area contributed by atoms with Crippen LogP contribution in [0.4, 0.5) is 0 Å².